The second-order valence-corrected chi connectivity index (χ2v) is 5.47. The minimum absolute atomic E-state index is 0.0276. The van der Waals surface area contributed by atoms with Crippen LogP contribution in [-0.2, 0) is 0 Å². The summed E-state index contributed by atoms with van der Waals surface area (Å²) in [6, 6.07) is 0. The third-order valence-corrected chi connectivity index (χ3v) is 4.37. The summed E-state index contributed by atoms with van der Waals surface area (Å²) >= 11 is 7.18. The Kier molecular flexibility index (Phi) is 2.81. The number of imidazole rings is 1. The van der Waals surface area contributed by atoms with E-state index in [-0.39, 0.29) is 16.5 Å². The quantitative estimate of drug-likeness (QED) is 0.635. The fourth-order valence-corrected chi connectivity index (χ4v) is 3.38. The molecule has 3 rings (SSSR count). The Morgan fingerprint density at radius 1 is 1.44 bits per heavy atom. The van der Waals surface area contributed by atoms with Gasteiger partial charge in [0.1, 0.15) is 17.0 Å². The molecule has 9 heteroatoms. The number of nitrogens with two attached hydrogens (primary N) is 1. The lowest BCUT2D eigenvalue weighted by Crippen LogP contribution is -2.27. The van der Waals surface area contributed by atoms with Crippen molar-refractivity contribution in [2.75, 3.05) is 11.5 Å². The molecule has 4 N–H and O–H groups in total. The molecule has 1 saturated heterocycles. The largest absolute Gasteiger partial charge is 0.389 e. The van der Waals surface area contributed by atoms with Gasteiger partial charge in [-0.25, -0.2) is 4.98 Å². The summed E-state index contributed by atoms with van der Waals surface area (Å²) in [5.74, 6) is 0.654. The summed E-state index contributed by atoms with van der Waals surface area (Å²) in [6.07, 6.45) is -0.111. The Balaban J connectivity index is 2.13. The lowest BCUT2D eigenvalue weighted by molar-refractivity contribution is 0.0313. The number of hydrogen-bond acceptors (Lipinski definition) is 7. The van der Waals surface area contributed by atoms with Gasteiger partial charge in [-0.3, -0.25) is 4.57 Å². The maximum Gasteiger partial charge on any atom is 0.226 e. The van der Waals surface area contributed by atoms with Gasteiger partial charge < -0.3 is 15.9 Å². The number of nitrogens with zero attached hydrogens (tertiary/aromatic N) is 4. The highest BCUT2D eigenvalue weighted by molar-refractivity contribution is 7.99. The molecule has 1 fully saturated rings. The SMILES string of the molecule is Nc1nc(Cl)nc2c1ncn2[C@@H]1SC[C@@H](O)[C@H]1O. The number of thioether (sulfide) groups is 1. The van der Waals surface area contributed by atoms with Crippen LogP contribution < -0.4 is 5.73 Å². The van der Waals surface area contributed by atoms with Gasteiger partial charge in [-0.15, -0.1) is 11.8 Å². The summed E-state index contributed by atoms with van der Waals surface area (Å²) in [4.78, 5) is 12.0. The number of aromatic nitrogens is 4. The highest BCUT2D eigenvalue weighted by Crippen LogP contribution is 2.38. The van der Waals surface area contributed by atoms with Gasteiger partial charge in [-0.1, -0.05) is 0 Å². The Bertz CT molecular complexity index is 606. The smallest absolute Gasteiger partial charge is 0.226 e. The van der Waals surface area contributed by atoms with Crippen molar-refractivity contribution in [3.8, 4) is 0 Å². The summed E-state index contributed by atoms with van der Waals surface area (Å²) in [6.45, 7) is 0. The van der Waals surface area contributed by atoms with E-state index >= 15 is 0 Å². The minimum Gasteiger partial charge on any atom is -0.389 e. The van der Waals surface area contributed by atoms with E-state index in [1.54, 1.807) is 4.57 Å². The second-order valence-electron chi connectivity index (χ2n) is 3.98. The summed E-state index contributed by atoms with van der Waals surface area (Å²) < 4.78 is 1.66. The molecule has 1 aliphatic heterocycles. The van der Waals surface area contributed by atoms with Gasteiger partial charge in [0.05, 0.1) is 12.4 Å². The fourth-order valence-electron chi connectivity index (χ4n) is 1.93. The molecule has 0 saturated carbocycles. The zero-order chi connectivity index (χ0) is 12.9. The molecular formula is C9H10ClN5O2S. The van der Waals surface area contributed by atoms with Crippen LogP contribution in [-0.4, -0.2) is 47.7 Å². The molecule has 0 aliphatic carbocycles. The number of nitrogen functional groups attached to an aromatic ring is 1. The topological polar surface area (TPSA) is 110 Å². The van der Waals surface area contributed by atoms with Crippen LogP contribution in [0.25, 0.3) is 11.2 Å². The Labute approximate surface area is 111 Å². The standard InChI is InChI=1S/C9H10ClN5O2S/c10-9-13-6(11)4-7(14-9)15(2-12-4)8-5(17)3(16)1-18-8/h2-3,5,8,16-17H,1H2,(H2,11,13,14)/t3-,5-,8-/m1/s1. The Hall–Kier alpha value is -1.09. The van der Waals surface area contributed by atoms with Crippen LogP contribution in [0.1, 0.15) is 5.37 Å². The lowest BCUT2D eigenvalue weighted by Gasteiger charge is -2.17. The molecule has 0 bridgehead atoms. The van der Waals surface area contributed by atoms with Gasteiger partial charge in [0, 0.05) is 5.75 Å². The molecule has 0 amide bonds. The maximum atomic E-state index is 9.90. The molecule has 3 heterocycles. The van der Waals surface area contributed by atoms with Crippen molar-refractivity contribution in [1.29, 1.82) is 0 Å². The first kappa shape index (κ1) is 12.0. The zero-order valence-electron chi connectivity index (χ0n) is 9.06. The number of halogens is 1. The third-order valence-electron chi connectivity index (χ3n) is 2.82. The molecule has 2 aromatic rings. The van der Waals surface area contributed by atoms with Gasteiger partial charge in [-0.2, -0.15) is 9.97 Å². The van der Waals surface area contributed by atoms with E-state index in [1.807, 2.05) is 0 Å². The third kappa shape index (κ3) is 1.72. The number of anilines is 1. The highest BCUT2D eigenvalue weighted by atomic mass is 35.5. The summed E-state index contributed by atoms with van der Waals surface area (Å²) in [5, 5.41) is 19.1. The Morgan fingerprint density at radius 2 is 2.22 bits per heavy atom. The molecular weight excluding hydrogens is 278 g/mol. The lowest BCUT2D eigenvalue weighted by atomic mass is 10.2. The zero-order valence-corrected chi connectivity index (χ0v) is 10.6. The van der Waals surface area contributed by atoms with Crippen LogP contribution in [0.15, 0.2) is 6.33 Å². The first-order chi connectivity index (χ1) is 8.58. The summed E-state index contributed by atoms with van der Waals surface area (Å²) in [7, 11) is 0. The van der Waals surface area contributed by atoms with Gasteiger partial charge in [-0.05, 0) is 11.6 Å². The minimum atomic E-state index is -0.873. The van der Waals surface area contributed by atoms with Crippen molar-refractivity contribution in [2.24, 2.45) is 0 Å². The fraction of sp³-hybridized carbons (Fsp3) is 0.444. The van der Waals surface area contributed by atoms with Crippen LogP contribution in [0, 0.1) is 0 Å². The predicted octanol–water partition coefficient (Wildman–Crippen LogP) is 0.0291. The molecule has 0 unspecified atom stereocenters. The monoisotopic (exact) mass is 287 g/mol. The predicted molar refractivity (Wildman–Crippen MR) is 68.3 cm³/mol. The van der Waals surface area contributed by atoms with Gasteiger partial charge in [0.25, 0.3) is 0 Å². The second kappa shape index (κ2) is 4.23. The van der Waals surface area contributed by atoms with Gasteiger partial charge >= 0.3 is 0 Å². The van der Waals surface area contributed by atoms with E-state index in [0.29, 0.717) is 16.9 Å². The van der Waals surface area contributed by atoms with E-state index < -0.39 is 12.2 Å². The number of aliphatic hydroxyl groups is 2. The molecule has 0 aromatic carbocycles. The van der Waals surface area contributed by atoms with E-state index in [1.165, 1.54) is 18.1 Å². The molecule has 7 nitrogen and oxygen atoms in total. The van der Waals surface area contributed by atoms with Crippen LogP contribution in [0.4, 0.5) is 5.82 Å². The van der Waals surface area contributed by atoms with Crippen molar-refractivity contribution in [2.45, 2.75) is 17.6 Å². The first-order valence-corrected chi connectivity index (χ1v) is 6.64. The highest BCUT2D eigenvalue weighted by Gasteiger charge is 2.36. The molecule has 0 spiro atoms. The van der Waals surface area contributed by atoms with Crippen molar-refractivity contribution < 1.29 is 10.2 Å². The van der Waals surface area contributed by atoms with Crippen molar-refractivity contribution in [3.63, 3.8) is 0 Å². The van der Waals surface area contributed by atoms with E-state index in [9.17, 15) is 10.2 Å². The van der Waals surface area contributed by atoms with Crippen LogP contribution in [0.2, 0.25) is 5.28 Å². The van der Waals surface area contributed by atoms with E-state index in [4.69, 9.17) is 17.3 Å². The van der Waals surface area contributed by atoms with Gasteiger partial charge in [0.2, 0.25) is 5.28 Å². The van der Waals surface area contributed by atoms with Crippen LogP contribution in [0.5, 0.6) is 0 Å². The average Bonchev–Trinajstić information content (AvgIpc) is 2.85. The number of aliphatic hydroxyl groups excluding tert-OH is 2. The van der Waals surface area contributed by atoms with Gasteiger partial charge in [0.15, 0.2) is 11.5 Å². The van der Waals surface area contributed by atoms with Crippen LogP contribution >= 0.6 is 23.4 Å². The average molecular weight is 288 g/mol. The normalized spacial score (nSPS) is 28.1. The molecule has 2 aromatic heterocycles. The van der Waals surface area contributed by atoms with E-state index in [0.717, 1.165) is 0 Å². The number of hydrogen-bond donors (Lipinski definition) is 3. The molecule has 3 atom stereocenters. The first-order valence-electron chi connectivity index (χ1n) is 5.21. The Morgan fingerprint density at radius 3 is 2.89 bits per heavy atom. The maximum absolute atomic E-state index is 9.90. The number of rotatable bonds is 1. The van der Waals surface area contributed by atoms with Crippen molar-refractivity contribution >= 4 is 40.3 Å². The summed E-state index contributed by atoms with van der Waals surface area (Å²) in [5.41, 5.74) is 6.60. The number of fused-ring (bicyclic) bond motifs is 1. The van der Waals surface area contributed by atoms with Crippen LogP contribution in [0.3, 0.4) is 0 Å². The van der Waals surface area contributed by atoms with Crippen molar-refractivity contribution in [3.05, 3.63) is 11.6 Å². The molecule has 18 heavy (non-hydrogen) atoms. The molecule has 1 aliphatic rings. The molecule has 0 radical (unpaired) electrons. The molecule has 96 valence electrons. The van der Waals surface area contributed by atoms with E-state index in [2.05, 4.69) is 15.0 Å². The van der Waals surface area contributed by atoms with Crippen molar-refractivity contribution in [1.82, 2.24) is 19.5 Å².